The van der Waals surface area contributed by atoms with Crippen LogP contribution >= 0.6 is 0 Å². The highest BCUT2D eigenvalue weighted by Gasteiger charge is 2.06. The summed E-state index contributed by atoms with van der Waals surface area (Å²) in [4.78, 5) is 0. The summed E-state index contributed by atoms with van der Waals surface area (Å²) in [6.45, 7) is 0. The van der Waals surface area contributed by atoms with E-state index in [1.54, 1.807) is 24.3 Å². The lowest BCUT2D eigenvalue weighted by Gasteiger charge is -2.11. The van der Waals surface area contributed by atoms with Gasteiger partial charge in [0.15, 0.2) is 0 Å². The Morgan fingerprint density at radius 3 is 2.32 bits per heavy atom. The zero-order chi connectivity index (χ0) is 15.5. The van der Waals surface area contributed by atoms with Crippen molar-refractivity contribution in [3.05, 3.63) is 78.2 Å². The van der Waals surface area contributed by atoms with Gasteiger partial charge in [0, 0.05) is 17.6 Å². The van der Waals surface area contributed by atoms with Gasteiger partial charge in [-0.1, -0.05) is 23.2 Å². The van der Waals surface area contributed by atoms with Crippen molar-refractivity contribution in [1.82, 2.24) is 4.57 Å². The largest absolute Gasteiger partial charge is 0.772 e. The third-order valence-corrected chi connectivity index (χ3v) is 3.96. The number of aromatic nitrogens is 1. The summed E-state index contributed by atoms with van der Waals surface area (Å²) in [6, 6.07) is 17.5. The third-order valence-electron chi connectivity index (χ3n) is 3.39. The summed E-state index contributed by atoms with van der Waals surface area (Å²) >= 11 is -2.09. The maximum Gasteiger partial charge on any atom is 0.123 e. The molecule has 0 radical (unpaired) electrons. The standard InChI is InChI=1S/C17H14FNO2S/c18-15-7-5-14(6-8-15)17-2-1-11-19(17)16-9-3-13(4-10-16)12-22(20)21/h1-11H,12H2,(H,20,21)/p-1. The Kier molecular flexibility index (Phi) is 4.18. The van der Waals surface area contributed by atoms with Gasteiger partial charge in [0.2, 0.25) is 0 Å². The highest BCUT2D eigenvalue weighted by Crippen LogP contribution is 2.24. The van der Waals surface area contributed by atoms with Crippen molar-refractivity contribution in [2.75, 3.05) is 0 Å². The normalized spacial score (nSPS) is 12.3. The SMILES string of the molecule is O=S([O-])Cc1ccc(-n2cccc2-c2ccc(F)cc2)cc1. The van der Waals surface area contributed by atoms with Crippen LogP contribution in [0.1, 0.15) is 5.56 Å². The summed E-state index contributed by atoms with van der Waals surface area (Å²) in [7, 11) is 0. The van der Waals surface area contributed by atoms with Gasteiger partial charge in [-0.15, -0.1) is 0 Å². The zero-order valence-corrected chi connectivity index (χ0v) is 12.4. The molecule has 1 aromatic heterocycles. The van der Waals surface area contributed by atoms with E-state index in [9.17, 15) is 13.2 Å². The van der Waals surface area contributed by atoms with E-state index in [4.69, 9.17) is 0 Å². The summed E-state index contributed by atoms with van der Waals surface area (Å²) in [6.07, 6.45) is 1.92. The van der Waals surface area contributed by atoms with E-state index in [0.717, 1.165) is 22.5 Å². The van der Waals surface area contributed by atoms with Gasteiger partial charge < -0.3 is 9.12 Å². The van der Waals surface area contributed by atoms with Crippen LogP contribution in [-0.4, -0.2) is 13.3 Å². The number of nitrogens with zero attached hydrogens (tertiary/aromatic N) is 1. The molecule has 1 atom stereocenters. The second-order valence-electron chi connectivity index (χ2n) is 4.88. The Bertz CT molecular complexity index is 794. The molecule has 0 N–H and O–H groups in total. The number of hydrogen-bond donors (Lipinski definition) is 0. The molecule has 0 aliphatic carbocycles. The van der Waals surface area contributed by atoms with Gasteiger partial charge in [-0.25, -0.2) is 4.39 Å². The van der Waals surface area contributed by atoms with Crippen molar-refractivity contribution in [2.24, 2.45) is 0 Å². The Labute approximate surface area is 130 Å². The Hall–Kier alpha value is -2.24. The minimum Gasteiger partial charge on any atom is -0.772 e. The van der Waals surface area contributed by atoms with Gasteiger partial charge in [0.25, 0.3) is 0 Å². The van der Waals surface area contributed by atoms with Crippen LogP contribution in [0.25, 0.3) is 16.9 Å². The molecule has 0 saturated heterocycles. The van der Waals surface area contributed by atoms with Crippen LogP contribution < -0.4 is 0 Å². The number of halogens is 1. The molecule has 1 heterocycles. The summed E-state index contributed by atoms with van der Waals surface area (Å²) < 4.78 is 36.4. The number of benzene rings is 2. The van der Waals surface area contributed by atoms with E-state index < -0.39 is 11.1 Å². The molecule has 3 aromatic rings. The van der Waals surface area contributed by atoms with Crippen LogP contribution in [0, 0.1) is 5.82 Å². The van der Waals surface area contributed by atoms with E-state index in [-0.39, 0.29) is 11.6 Å². The fourth-order valence-electron chi connectivity index (χ4n) is 2.35. The van der Waals surface area contributed by atoms with Crippen LogP contribution in [0.2, 0.25) is 0 Å². The first-order chi connectivity index (χ1) is 10.6. The molecule has 3 nitrogen and oxygen atoms in total. The van der Waals surface area contributed by atoms with Crippen LogP contribution in [0.5, 0.6) is 0 Å². The van der Waals surface area contributed by atoms with E-state index in [1.165, 1.54) is 12.1 Å². The van der Waals surface area contributed by atoms with E-state index in [1.807, 2.05) is 35.0 Å². The molecule has 5 heteroatoms. The molecule has 2 aromatic carbocycles. The van der Waals surface area contributed by atoms with Crippen LogP contribution in [0.15, 0.2) is 66.9 Å². The minimum atomic E-state index is -2.09. The van der Waals surface area contributed by atoms with Crippen molar-refractivity contribution in [3.8, 4) is 16.9 Å². The van der Waals surface area contributed by atoms with Crippen molar-refractivity contribution >= 4 is 11.1 Å². The summed E-state index contributed by atoms with van der Waals surface area (Å²) in [5, 5.41) is 0. The molecule has 0 bridgehead atoms. The number of rotatable bonds is 4. The summed E-state index contributed by atoms with van der Waals surface area (Å²) in [5.74, 6) is -0.256. The Balaban J connectivity index is 1.94. The zero-order valence-electron chi connectivity index (χ0n) is 11.6. The number of hydrogen-bond acceptors (Lipinski definition) is 2. The molecule has 1 unspecified atom stereocenters. The average molecular weight is 314 g/mol. The Morgan fingerprint density at radius 2 is 1.68 bits per heavy atom. The van der Waals surface area contributed by atoms with Gasteiger partial charge in [-0.2, -0.15) is 0 Å². The predicted molar refractivity (Wildman–Crippen MR) is 83.8 cm³/mol. The molecule has 0 saturated carbocycles. The van der Waals surface area contributed by atoms with E-state index in [0.29, 0.717) is 0 Å². The molecular formula is C17H13FNO2S-. The van der Waals surface area contributed by atoms with Gasteiger partial charge >= 0.3 is 0 Å². The van der Waals surface area contributed by atoms with Crippen molar-refractivity contribution in [1.29, 1.82) is 0 Å². The van der Waals surface area contributed by atoms with Gasteiger partial charge in [0.1, 0.15) is 5.82 Å². The average Bonchev–Trinajstić information content (AvgIpc) is 2.97. The topological polar surface area (TPSA) is 45.1 Å². The highest BCUT2D eigenvalue weighted by molar-refractivity contribution is 7.78. The second kappa shape index (κ2) is 6.25. The second-order valence-corrected chi connectivity index (χ2v) is 5.78. The van der Waals surface area contributed by atoms with Gasteiger partial charge in [0.05, 0.1) is 5.69 Å². The fourth-order valence-corrected chi connectivity index (χ4v) is 2.82. The highest BCUT2D eigenvalue weighted by atomic mass is 32.2. The van der Waals surface area contributed by atoms with Gasteiger partial charge in [-0.3, -0.25) is 4.21 Å². The molecule has 0 aliphatic heterocycles. The van der Waals surface area contributed by atoms with Crippen LogP contribution in [-0.2, 0) is 16.8 Å². The smallest absolute Gasteiger partial charge is 0.123 e. The van der Waals surface area contributed by atoms with Crippen LogP contribution in [0.3, 0.4) is 0 Å². The lowest BCUT2D eigenvalue weighted by Crippen LogP contribution is -1.97. The maximum atomic E-state index is 13.0. The molecular weight excluding hydrogens is 301 g/mol. The molecule has 0 aliphatic rings. The fraction of sp³-hybridized carbons (Fsp3) is 0.0588. The molecule has 0 fully saturated rings. The van der Waals surface area contributed by atoms with E-state index >= 15 is 0 Å². The lowest BCUT2D eigenvalue weighted by atomic mass is 10.1. The van der Waals surface area contributed by atoms with Crippen molar-refractivity contribution in [3.63, 3.8) is 0 Å². The monoisotopic (exact) mass is 314 g/mol. The third kappa shape index (κ3) is 3.16. The molecule has 3 rings (SSSR count). The van der Waals surface area contributed by atoms with Crippen LogP contribution in [0.4, 0.5) is 4.39 Å². The van der Waals surface area contributed by atoms with Gasteiger partial charge in [-0.05, 0) is 59.7 Å². The molecule has 112 valence electrons. The van der Waals surface area contributed by atoms with Crippen molar-refractivity contribution < 1.29 is 13.2 Å². The minimum absolute atomic E-state index is 0.0107. The first-order valence-corrected chi connectivity index (χ1v) is 7.96. The first kappa shape index (κ1) is 14.7. The summed E-state index contributed by atoms with van der Waals surface area (Å²) in [5.41, 5.74) is 3.52. The molecule has 0 amide bonds. The maximum absolute atomic E-state index is 13.0. The first-order valence-electron chi connectivity index (χ1n) is 6.72. The Morgan fingerprint density at radius 1 is 1.00 bits per heavy atom. The molecule has 22 heavy (non-hydrogen) atoms. The molecule has 0 spiro atoms. The quantitative estimate of drug-likeness (QED) is 0.690. The lowest BCUT2D eigenvalue weighted by molar-refractivity contribution is 0.536. The van der Waals surface area contributed by atoms with E-state index in [2.05, 4.69) is 0 Å². The predicted octanol–water partition coefficient (Wildman–Crippen LogP) is 3.66. The van der Waals surface area contributed by atoms with Crippen molar-refractivity contribution in [2.45, 2.75) is 5.75 Å².